The van der Waals surface area contributed by atoms with Gasteiger partial charge in [-0.1, -0.05) is 0 Å². The van der Waals surface area contributed by atoms with E-state index in [1.165, 1.54) is 13.3 Å². The second-order valence-electron chi connectivity index (χ2n) is 3.05. The Balaban J connectivity index is 2.41. The van der Waals surface area contributed by atoms with Crippen LogP contribution >= 0.6 is 0 Å². The van der Waals surface area contributed by atoms with E-state index in [0.29, 0.717) is 11.9 Å². The number of aromatic nitrogens is 2. The third-order valence-corrected chi connectivity index (χ3v) is 2.07. The van der Waals surface area contributed by atoms with Gasteiger partial charge in [0.15, 0.2) is 0 Å². The Morgan fingerprint density at radius 1 is 1.77 bits per heavy atom. The maximum absolute atomic E-state index is 10.7. The first-order valence-electron chi connectivity index (χ1n) is 4.09. The van der Waals surface area contributed by atoms with Crippen LogP contribution in [0.25, 0.3) is 0 Å². The van der Waals surface area contributed by atoms with E-state index in [0.717, 1.165) is 12.8 Å². The summed E-state index contributed by atoms with van der Waals surface area (Å²) >= 11 is 0. The van der Waals surface area contributed by atoms with Gasteiger partial charge in [0.2, 0.25) is 5.88 Å². The van der Waals surface area contributed by atoms with Gasteiger partial charge in [-0.3, -0.25) is 0 Å². The summed E-state index contributed by atoms with van der Waals surface area (Å²) in [5, 5.41) is 12.8. The Bertz CT molecular complexity index is 341. The van der Waals surface area contributed by atoms with Crippen molar-refractivity contribution in [2.75, 3.05) is 7.11 Å². The zero-order valence-electron chi connectivity index (χ0n) is 7.23. The second-order valence-corrected chi connectivity index (χ2v) is 3.05. The molecule has 0 spiro atoms. The molecule has 1 aromatic heterocycles. The number of carboxylic acids is 1. The Morgan fingerprint density at radius 2 is 2.46 bits per heavy atom. The number of rotatable bonds is 3. The van der Waals surface area contributed by atoms with Crippen molar-refractivity contribution >= 4 is 5.97 Å². The summed E-state index contributed by atoms with van der Waals surface area (Å²) in [5.74, 6) is -0.640. The Kier molecular flexibility index (Phi) is 1.72. The van der Waals surface area contributed by atoms with Crippen molar-refractivity contribution in [2.24, 2.45) is 0 Å². The third-order valence-electron chi connectivity index (χ3n) is 2.07. The minimum absolute atomic E-state index is 0.134. The molecule has 0 saturated heterocycles. The fraction of sp³-hybridized carbons (Fsp3) is 0.500. The minimum Gasteiger partial charge on any atom is -0.481 e. The molecule has 1 aliphatic carbocycles. The number of nitrogens with zero attached hydrogens (tertiary/aromatic N) is 2. The topological polar surface area (TPSA) is 64.3 Å². The summed E-state index contributed by atoms with van der Waals surface area (Å²) < 4.78 is 6.64. The number of methoxy groups -OCH3 is 1. The number of ether oxygens (including phenoxy) is 1. The highest BCUT2D eigenvalue weighted by Crippen LogP contribution is 2.38. The molecule has 13 heavy (non-hydrogen) atoms. The quantitative estimate of drug-likeness (QED) is 0.755. The minimum atomic E-state index is -0.997. The van der Waals surface area contributed by atoms with Gasteiger partial charge in [0.1, 0.15) is 5.56 Å². The Morgan fingerprint density at radius 3 is 2.92 bits per heavy atom. The summed E-state index contributed by atoms with van der Waals surface area (Å²) in [4.78, 5) is 10.7. The Hall–Kier alpha value is -1.52. The van der Waals surface area contributed by atoms with E-state index in [9.17, 15) is 4.79 Å². The average molecular weight is 182 g/mol. The van der Waals surface area contributed by atoms with Crippen molar-refractivity contribution < 1.29 is 14.6 Å². The van der Waals surface area contributed by atoms with E-state index in [-0.39, 0.29) is 5.56 Å². The zero-order chi connectivity index (χ0) is 9.42. The number of hydrogen-bond donors (Lipinski definition) is 1. The highest BCUT2D eigenvalue weighted by atomic mass is 16.5. The van der Waals surface area contributed by atoms with Crippen LogP contribution in [0.3, 0.4) is 0 Å². The van der Waals surface area contributed by atoms with E-state index >= 15 is 0 Å². The predicted octanol–water partition coefficient (Wildman–Crippen LogP) is 0.925. The molecule has 70 valence electrons. The second kappa shape index (κ2) is 2.76. The largest absolute Gasteiger partial charge is 0.481 e. The molecule has 1 heterocycles. The third kappa shape index (κ3) is 1.26. The molecule has 2 rings (SSSR count). The van der Waals surface area contributed by atoms with Gasteiger partial charge < -0.3 is 9.84 Å². The lowest BCUT2D eigenvalue weighted by Gasteiger charge is -2.04. The van der Waals surface area contributed by atoms with Crippen LogP contribution in [0.2, 0.25) is 0 Å². The van der Waals surface area contributed by atoms with Gasteiger partial charge in [0.05, 0.1) is 19.3 Å². The summed E-state index contributed by atoms with van der Waals surface area (Å²) in [6.07, 6.45) is 3.44. The first-order valence-corrected chi connectivity index (χ1v) is 4.09. The van der Waals surface area contributed by atoms with Crippen molar-refractivity contribution in [1.29, 1.82) is 0 Å². The van der Waals surface area contributed by atoms with Crippen molar-refractivity contribution in [1.82, 2.24) is 9.78 Å². The molecular formula is C8H10N2O3. The molecule has 1 saturated carbocycles. The van der Waals surface area contributed by atoms with Gasteiger partial charge in [-0.2, -0.15) is 5.10 Å². The molecular weight excluding hydrogens is 172 g/mol. The van der Waals surface area contributed by atoms with Crippen LogP contribution in [0.4, 0.5) is 0 Å². The lowest BCUT2D eigenvalue weighted by molar-refractivity contribution is 0.0693. The highest BCUT2D eigenvalue weighted by molar-refractivity contribution is 5.90. The standard InChI is InChI=1S/C8H10N2O3/c1-13-7-6(8(11)12)4-9-10(7)5-2-3-5/h4-5H,2-3H2,1H3,(H,11,12). The zero-order valence-corrected chi connectivity index (χ0v) is 7.23. The summed E-state index contributed by atoms with van der Waals surface area (Å²) in [6.45, 7) is 0. The molecule has 0 bridgehead atoms. The number of hydrogen-bond acceptors (Lipinski definition) is 3. The average Bonchev–Trinajstić information content (AvgIpc) is 2.84. The van der Waals surface area contributed by atoms with Crippen LogP contribution in [0, 0.1) is 0 Å². The molecule has 0 aliphatic heterocycles. The Labute approximate surface area is 74.9 Å². The fourth-order valence-electron chi connectivity index (χ4n) is 1.28. The molecule has 1 aromatic rings. The number of carbonyl (C=O) groups is 1. The summed E-state index contributed by atoms with van der Waals surface area (Å²) in [5.41, 5.74) is 0.134. The van der Waals surface area contributed by atoms with E-state index in [1.54, 1.807) is 4.68 Å². The van der Waals surface area contributed by atoms with E-state index in [1.807, 2.05) is 0 Å². The van der Waals surface area contributed by atoms with E-state index in [2.05, 4.69) is 5.10 Å². The lowest BCUT2D eigenvalue weighted by Crippen LogP contribution is -2.03. The van der Waals surface area contributed by atoms with Crippen LogP contribution in [0.1, 0.15) is 29.2 Å². The molecule has 1 N–H and O–H groups in total. The van der Waals surface area contributed by atoms with Crippen LogP contribution in [-0.2, 0) is 0 Å². The maximum Gasteiger partial charge on any atom is 0.342 e. The van der Waals surface area contributed by atoms with Gasteiger partial charge in [-0.05, 0) is 12.8 Å². The SMILES string of the molecule is COc1c(C(=O)O)cnn1C1CC1. The van der Waals surface area contributed by atoms with Gasteiger partial charge in [0.25, 0.3) is 0 Å². The van der Waals surface area contributed by atoms with Crippen LogP contribution in [0.5, 0.6) is 5.88 Å². The van der Waals surface area contributed by atoms with Crippen molar-refractivity contribution in [3.05, 3.63) is 11.8 Å². The number of aromatic carboxylic acids is 1. The molecule has 1 fully saturated rings. The molecule has 1 aliphatic rings. The summed E-state index contributed by atoms with van der Waals surface area (Å²) in [6, 6.07) is 0.336. The predicted molar refractivity (Wildman–Crippen MR) is 44.0 cm³/mol. The van der Waals surface area contributed by atoms with Gasteiger partial charge in [0, 0.05) is 0 Å². The molecule has 0 radical (unpaired) electrons. The molecule has 0 aromatic carbocycles. The van der Waals surface area contributed by atoms with Gasteiger partial charge in [-0.25, -0.2) is 9.48 Å². The summed E-state index contributed by atoms with van der Waals surface area (Å²) in [7, 11) is 1.46. The first kappa shape index (κ1) is 8.10. The van der Waals surface area contributed by atoms with Crippen molar-refractivity contribution in [3.8, 4) is 5.88 Å². The smallest absolute Gasteiger partial charge is 0.342 e. The molecule has 0 unspecified atom stereocenters. The molecule has 0 atom stereocenters. The highest BCUT2D eigenvalue weighted by Gasteiger charge is 2.30. The van der Waals surface area contributed by atoms with Crippen LogP contribution in [0.15, 0.2) is 6.20 Å². The molecule has 5 heteroatoms. The molecule has 0 amide bonds. The van der Waals surface area contributed by atoms with E-state index < -0.39 is 5.97 Å². The maximum atomic E-state index is 10.7. The van der Waals surface area contributed by atoms with E-state index in [4.69, 9.17) is 9.84 Å². The normalized spacial score (nSPS) is 15.8. The first-order chi connectivity index (χ1) is 6.24. The van der Waals surface area contributed by atoms with Crippen molar-refractivity contribution in [3.63, 3.8) is 0 Å². The van der Waals surface area contributed by atoms with Gasteiger partial charge >= 0.3 is 5.97 Å². The number of carboxylic acid groups (broad SMARTS) is 1. The monoisotopic (exact) mass is 182 g/mol. The van der Waals surface area contributed by atoms with Crippen LogP contribution < -0.4 is 4.74 Å². The lowest BCUT2D eigenvalue weighted by atomic mass is 10.3. The molecule has 5 nitrogen and oxygen atoms in total. The van der Waals surface area contributed by atoms with Crippen LogP contribution in [-0.4, -0.2) is 28.0 Å². The fourth-order valence-corrected chi connectivity index (χ4v) is 1.28. The van der Waals surface area contributed by atoms with Gasteiger partial charge in [-0.15, -0.1) is 0 Å². The van der Waals surface area contributed by atoms with Crippen molar-refractivity contribution in [2.45, 2.75) is 18.9 Å².